The molecule has 3 heteroatoms. The minimum atomic E-state index is -0.438. The minimum Gasteiger partial charge on any atom is -0.370 e. The molecule has 14 heavy (non-hydrogen) atoms. The van der Waals surface area contributed by atoms with Crippen molar-refractivity contribution < 1.29 is 4.39 Å². The van der Waals surface area contributed by atoms with Crippen molar-refractivity contribution in [2.24, 2.45) is 11.8 Å². The van der Waals surface area contributed by atoms with Gasteiger partial charge in [-0.1, -0.05) is 26.8 Å². The maximum absolute atomic E-state index is 12.7. The number of hydrogen-bond acceptors (Lipinski definition) is 2. The first kappa shape index (κ1) is 11.0. The van der Waals surface area contributed by atoms with Crippen LogP contribution in [0.2, 0.25) is 0 Å². The lowest BCUT2D eigenvalue weighted by atomic mass is 9.98. The zero-order valence-electron chi connectivity index (χ0n) is 8.92. The highest BCUT2D eigenvalue weighted by molar-refractivity contribution is 5.33. The molecule has 0 bridgehead atoms. The Kier molecular flexibility index (Phi) is 3.86. The predicted octanol–water partition coefficient (Wildman–Crippen LogP) is 2.92. The van der Waals surface area contributed by atoms with E-state index in [1.807, 2.05) is 0 Å². The van der Waals surface area contributed by atoms with E-state index in [0.29, 0.717) is 17.7 Å². The van der Waals surface area contributed by atoms with E-state index in [1.54, 1.807) is 12.1 Å². The molecule has 1 heterocycles. The summed E-state index contributed by atoms with van der Waals surface area (Å²) in [5.41, 5.74) is 0. The molecule has 0 amide bonds. The molecule has 0 saturated heterocycles. The van der Waals surface area contributed by atoms with Crippen molar-refractivity contribution in [2.75, 3.05) is 11.9 Å². The lowest BCUT2D eigenvalue weighted by Gasteiger charge is -2.16. The lowest BCUT2D eigenvalue weighted by Crippen LogP contribution is -2.16. The molecular formula is C11H17FN2. The summed E-state index contributed by atoms with van der Waals surface area (Å²) in [6.07, 6.45) is 0. The van der Waals surface area contributed by atoms with E-state index in [1.165, 1.54) is 6.07 Å². The molecule has 1 aromatic rings. The summed E-state index contributed by atoms with van der Waals surface area (Å²) in [7, 11) is 0. The molecule has 1 atom stereocenters. The molecule has 0 radical (unpaired) electrons. The molecule has 0 spiro atoms. The van der Waals surface area contributed by atoms with Crippen LogP contribution in [0.15, 0.2) is 18.2 Å². The summed E-state index contributed by atoms with van der Waals surface area (Å²) in [4.78, 5) is 3.73. The Hall–Kier alpha value is -1.12. The summed E-state index contributed by atoms with van der Waals surface area (Å²) in [5.74, 6) is 1.35. The van der Waals surface area contributed by atoms with Gasteiger partial charge in [-0.3, -0.25) is 0 Å². The molecular weight excluding hydrogens is 179 g/mol. The van der Waals surface area contributed by atoms with E-state index >= 15 is 0 Å². The molecule has 0 aliphatic heterocycles. The summed E-state index contributed by atoms with van der Waals surface area (Å²) in [6, 6.07) is 4.78. The molecule has 1 aromatic heterocycles. The van der Waals surface area contributed by atoms with Gasteiger partial charge in [-0.15, -0.1) is 0 Å². The van der Waals surface area contributed by atoms with Crippen molar-refractivity contribution in [1.82, 2.24) is 4.98 Å². The number of halogens is 1. The van der Waals surface area contributed by atoms with Gasteiger partial charge in [0.2, 0.25) is 5.95 Å². The van der Waals surface area contributed by atoms with Gasteiger partial charge in [0, 0.05) is 6.54 Å². The Labute approximate surface area is 84.6 Å². The zero-order chi connectivity index (χ0) is 10.6. The van der Waals surface area contributed by atoms with E-state index < -0.39 is 5.95 Å². The van der Waals surface area contributed by atoms with Crippen LogP contribution in [-0.4, -0.2) is 11.5 Å². The summed E-state index contributed by atoms with van der Waals surface area (Å²) in [6.45, 7) is 7.34. The first-order valence-corrected chi connectivity index (χ1v) is 4.96. The van der Waals surface area contributed by atoms with Gasteiger partial charge in [0.05, 0.1) is 0 Å². The maximum atomic E-state index is 12.7. The highest BCUT2D eigenvalue weighted by Gasteiger charge is 2.06. The maximum Gasteiger partial charge on any atom is 0.214 e. The van der Waals surface area contributed by atoms with Crippen molar-refractivity contribution in [3.05, 3.63) is 24.1 Å². The summed E-state index contributed by atoms with van der Waals surface area (Å²) >= 11 is 0. The highest BCUT2D eigenvalue weighted by atomic mass is 19.1. The standard InChI is InChI=1S/C11H17FN2/c1-8(2)9(3)7-13-11-6-4-5-10(12)14-11/h4-6,8-9H,7H2,1-3H3,(H,13,14). The third-order valence-corrected chi connectivity index (χ3v) is 2.46. The van der Waals surface area contributed by atoms with Crippen LogP contribution in [-0.2, 0) is 0 Å². The molecule has 0 aliphatic rings. The lowest BCUT2D eigenvalue weighted by molar-refractivity contribution is 0.439. The van der Waals surface area contributed by atoms with Gasteiger partial charge in [-0.2, -0.15) is 4.39 Å². The molecule has 0 aliphatic carbocycles. The van der Waals surface area contributed by atoms with Crippen molar-refractivity contribution in [2.45, 2.75) is 20.8 Å². The monoisotopic (exact) mass is 196 g/mol. The molecule has 1 unspecified atom stereocenters. The van der Waals surface area contributed by atoms with Gasteiger partial charge >= 0.3 is 0 Å². The Balaban J connectivity index is 2.45. The Morgan fingerprint density at radius 2 is 2.07 bits per heavy atom. The predicted molar refractivity (Wildman–Crippen MR) is 56.7 cm³/mol. The third-order valence-electron chi connectivity index (χ3n) is 2.46. The Morgan fingerprint density at radius 1 is 1.36 bits per heavy atom. The van der Waals surface area contributed by atoms with Gasteiger partial charge in [0.25, 0.3) is 0 Å². The normalized spacial score (nSPS) is 12.9. The largest absolute Gasteiger partial charge is 0.370 e. The number of pyridine rings is 1. The van der Waals surface area contributed by atoms with Crippen molar-refractivity contribution in [3.63, 3.8) is 0 Å². The third kappa shape index (κ3) is 3.32. The number of anilines is 1. The number of aromatic nitrogens is 1. The Bertz CT molecular complexity index is 286. The second-order valence-corrected chi connectivity index (χ2v) is 3.95. The van der Waals surface area contributed by atoms with Gasteiger partial charge in [0.1, 0.15) is 5.82 Å². The van der Waals surface area contributed by atoms with Gasteiger partial charge in [-0.25, -0.2) is 4.98 Å². The fourth-order valence-electron chi connectivity index (χ4n) is 1.01. The molecule has 0 saturated carbocycles. The quantitative estimate of drug-likeness (QED) is 0.749. The number of rotatable bonds is 4. The first-order valence-electron chi connectivity index (χ1n) is 4.96. The van der Waals surface area contributed by atoms with Crippen LogP contribution >= 0.6 is 0 Å². The smallest absolute Gasteiger partial charge is 0.214 e. The fraction of sp³-hybridized carbons (Fsp3) is 0.545. The molecule has 78 valence electrons. The van der Waals surface area contributed by atoms with E-state index in [-0.39, 0.29) is 0 Å². The SMILES string of the molecule is CC(C)C(C)CNc1cccc(F)n1. The molecule has 0 aromatic carbocycles. The van der Waals surface area contributed by atoms with Gasteiger partial charge in [-0.05, 0) is 24.0 Å². The fourth-order valence-corrected chi connectivity index (χ4v) is 1.01. The average molecular weight is 196 g/mol. The van der Waals surface area contributed by atoms with Crippen molar-refractivity contribution >= 4 is 5.82 Å². The van der Waals surface area contributed by atoms with Crippen molar-refractivity contribution in [3.8, 4) is 0 Å². The van der Waals surface area contributed by atoms with Crippen LogP contribution in [0.4, 0.5) is 10.2 Å². The molecule has 1 rings (SSSR count). The second kappa shape index (κ2) is 4.94. The minimum absolute atomic E-state index is 0.438. The van der Waals surface area contributed by atoms with Gasteiger partial charge in [0.15, 0.2) is 0 Å². The summed E-state index contributed by atoms with van der Waals surface area (Å²) in [5, 5.41) is 3.12. The van der Waals surface area contributed by atoms with Gasteiger partial charge < -0.3 is 5.32 Å². The van der Waals surface area contributed by atoms with Crippen LogP contribution in [0.25, 0.3) is 0 Å². The molecule has 1 N–H and O–H groups in total. The number of nitrogens with zero attached hydrogens (tertiary/aromatic N) is 1. The van der Waals surface area contributed by atoms with E-state index in [2.05, 4.69) is 31.1 Å². The molecule has 0 fully saturated rings. The van der Waals surface area contributed by atoms with Crippen LogP contribution in [0.5, 0.6) is 0 Å². The first-order chi connectivity index (χ1) is 6.59. The van der Waals surface area contributed by atoms with E-state index in [9.17, 15) is 4.39 Å². The number of nitrogens with one attached hydrogen (secondary N) is 1. The van der Waals surface area contributed by atoms with Crippen LogP contribution in [0.1, 0.15) is 20.8 Å². The van der Waals surface area contributed by atoms with E-state index in [4.69, 9.17) is 0 Å². The molecule has 2 nitrogen and oxygen atoms in total. The van der Waals surface area contributed by atoms with Crippen LogP contribution in [0, 0.1) is 17.8 Å². The Morgan fingerprint density at radius 3 is 2.64 bits per heavy atom. The van der Waals surface area contributed by atoms with E-state index in [0.717, 1.165) is 6.54 Å². The number of hydrogen-bond donors (Lipinski definition) is 1. The van der Waals surface area contributed by atoms with Crippen molar-refractivity contribution in [1.29, 1.82) is 0 Å². The summed E-state index contributed by atoms with van der Waals surface area (Å²) < 4.78 is 12.7. The zero-order valence-corrected chi connectivity index (χ0v) is 8.92. The van der Waals surface area contributed by atoms with Crippen LogP contribution in [0.3, 0.4) is 0 Å². The second-order valence-electron chi connectivity index (χ2n) is 3.95. The average Bonchev–Trinajstić information content (AvgIpc) is 2.14. The van der Waals surface area contributed by atoms with Crippen LogP contribution < -0.4 is 5.32 Å². The highest BCUT2D eigenvalue weighted by Crippen LogP contribution is 2.11. The topological polar surface area (TPSA) is 24.9 Å².